The number of ether oxygens (including phenoxy) is 1. The molecule has 1 aromatic rings. The lowest BCUT2D eigenvalue weighted by atomic mass is 10.2. The molecule has 1 atom stereocenters. The molecule has 3 heteroatoms. The summed E-state index contributed by atoms with van der Waals surface area (Å²) in [7, 11) is 1.55. The topological polar surface area (TPSA) is 41.5 Å². The molecule has 0 aliphatic carbocycles. The minimum atomic E-state index is 0.195. The van der Waals surface area contributed by atoms with Crippen LogP contribution in [0.5, 0.6) is 11.5 Å². The van der Waals surface area contributed by atoms with E-state index in [1.807, 2.05) is 6.07 Å². The number of aromatic hydroxyl groups is 1. The van der Waals surface area contributed by atoms with Gasteiger partial charge in [0, 0.05) is 12.6 Å². The molecular weight excluding hydrogens is 190 g/mol. The van der Waals surface area contributed by atoms with Crippen LogP contribution >= 0.6 is 0 Å². The van der Waals surface area contributed by atoms with E-state index in [9.17, 15) is 5.11 Å². The normalized spacial score (nSPS) is 12.5. The molecule has 0 radical (unpaired) electrons. The molecule has 0 heterocycles. The second-order valence-electron chi connectivity index (χ2n) is 3.70. The van der Waals surface area contributed by atoms with E-state index < -0.39 is 0 Å². The Morgan fingerprint density at radius 2 is 2.20 bits per heavy atom. The van der Waals surface area contributed by atoms with Crippen LogP contribution in [0.1, 0.15) is 25.8 Å². The summed E-state index contributed by atoms with van der Waals surface area (Å²) >= 11 is 0. The van der Waals surface area contributed by atoms with Gasteiger partial charge in [0.15, 0.2) is 11.5 Å². The van der Waals surface area contributed by atoms with E-state index in [1.54, 1.807) is 19.2 Å². The summed E-state index contributed by atoms with van der Waals surface area (Å²) in [4.78, 5) is 0. The van der Waals surface area contributed by atoms with Crippen LogP contribution in [0.2, 0.25) is 0 Å². The van der Waals surface area contributed by atoms with Gasteiger partial charge in [-0.2, -0.15) is 0 Å². The number of benzene rings is 1. The van der Waals surface area contributed by atoms with Gasteiger partial charge in [-0.25, -0.2) is 0 Å². The van der Waals surface area contributed by atoms with Gasteiger partial charge in [0.05, 0.1) is 7.11 Å². The third-order valence-corrected chi connectivity index (χ3v) is 2.51. The SMILES string of the molecule is CC[C@H](C)NCc1ccc(OC)c(O)c1. The van der Waals surface area contributed by atoms with Gasteiger partial charge in [-0.1, -0.05) is 13.0 Å². The lowest BCUT2D eigenvalue weighted by Gasteiger charge is -2.12. The number of nitrogens with one attached hydrogen (secondary N) is 1. The molecule has 0 fully saturated rings. The lowest BCUT2D eigenvalue weighted by Crippen LogP contribution is -2.24. The molecule has 0 aliphatic heterocycles. The van der Waals surface area contributed by atoms with Gasteiger partial charge in [-0.3, -0.25) is 0 Å². The van der Waals surface area contributed by atoms with Crippen molar-refractivity contribution in [3.05, 3.63) is 23.8 Å². The first-order valence-corrected chi connectivity index (χ1v) is 5.26. The van der Waals surface area contributed by atoms with Gasteiger partial charge >= 0.3 is 0 Å². The largest absolute Gasteiger partial charge is 0.504 e. The first-order valence-electron chi connectivity index (χ1n) is 5.26. The maximum atomic E-state index is 9.56. The van der Waals surface area contributed by atoms with Gasteiger partial charge in [-0.15, -0.1) is 0 Å². The van der Waals surface area contributed by atoms with Crippen molar-refractivity contribution in [3.63, 3.8) is 0 Å². The van der Waals surface area contributed by atoms with Crippen molar-refractivity contribution >= 4 is 0 Å². The monoisotopic (exact) mass is 209 g/mol. The van der Waals surface area contributed by atoms with Crippen molar-refractivity contribution in [1.82, 2.24) is 5.32 Å². The van der Waals surface area contributed by atoms with Crippen molar-refractivity contribution < 1.29 is 9.84 Å². The predicted octanol–water partition coefficient (Wildman–Crippen LogP) is 2.29. The van der Waals surface area contributed by atoms with E-state index in [0.29, 0.717) is 11.8 Å². The molecule has 84 valence electrons. The lowest BCUT2D eigenvalue weighted by molar-refractivity contribution is 0.373. The highest BCUT2D eigenvalue weighted by Crippen LogP contribution is 2.26. The van der Waals surface area contributed by atoms with E-state index in [1.165, 1.54) is 0 Å². The second-order valence-corrected chi connectivity index (χ2v) is 3.70. The zero-order chi connectivity index (χ0) is 11.3. The summed E-state index contributed by atoms with van der Waals surface area (Å²) in [6.07, 6.45) is 1.10. The smallest absolute Gasteiger partial charge is 0.160 e. The summed E-state index contributed by atoms with van der Waals surface area (Å²) in [5.41, 5.74) is 1.06. The molecule has 0 saturated carbocycles. The number of phenols is 1. The molecule has 0 aliphatic rings. The van der Waals surface area contributed by atoms with Crippen molar-refractivity contribution in [2.75, 3.05) is 7.11 Å². The number of hydrogen-bond donors (Lipinski definition) is 2. The van der Waals surface area contributed by atoms with E-state index in [-0.39, 0.29) is 5.75 Å². The molecule has 3 nitrogen and oxygen atoms in total. The summed E-state index contributed by atoms with van der Waals surface area (Å²) in [6, 6.07) is 5.96. The summed E-state index contributed by atoms with van der Waals surface area (Å²) < 4.78 is 4.98. The van der Waals surface area contributed by atoms with Crippen molar-refractivity contribution in [2.45, 2.75) is 32.9 Å². The zero-order valence-corrected chi connectivity index (χ0v) is 9.58. The van der Waals surface area contributed by atoms with Crippen LogP contribution in [-0.4, -0.2) is 18.3 Å². The Morgan fingerprint density at radius 1 is 1.47 bits per heavy atom. The van der Waals surface area contributed by atoms with Crippen LogP contribution in [0.3, 0.4) is 0 Å². The minimum absolute atomic E-state index is 0.195. The first kappa shape index (κ1) is 11.9. The molecule has 0 amide bonds. The maximum absolute atomic E-state index is 9.56. The molecule has 0 bridgehead atoms. The Bertz CT molecular complexity index is 312. The van der Waals surface area contributed by atoms with Gasteiger partial charge in [0.2, 0.25) is 0 Å². The summed E-state index contributed by atoms with van der Waals surface area (Å²) in [6.45, 7) is 5.05. The number of methoxy groups -OCH3 is 1. The third kappa shape index (κ3) is 3.44. The third-order valence-electron chi connectivity index (χ3n) is 2.51. The molecule has 1 aromatic carbocycles. The molecule has 1 rings (SSSR count). The average Bonchev–Trinajstić information content (AvgIpc) is 2.26. The Morgan fingerprint density at radius 3 is 2.73 bits per heavy atom. The van der Waals surface area contributed by atoms with Gasteiger partial charge in [0.25, 0.3) is 0 Å². The second kappa shape index (κ2) is 5.61. The van der Waals surface area contributed by atoms with Crippen LogP contribution in [0, 0.1) is 0 Å². The van der Waals surface area contributed by atoms with E-state index in [2.05, 4.69) is 19.2 Å². The van der Waals surface area contributed by atoms with E-state index in [4.69, 9.17) is 4.74 Å². The Kier molecular flexibility index (Phi) is 4.43. The fraction of sp³-hybridized carbons (Fsp3) is 0.500. The van der Waals surface area contributed by atoms with Crippen LogP contribution in [0.4, 0.5) is 0 Å². The van der Waals surface area contributed by atoms with Crippen LogP contribution in [-0.2, 0) is 6.54 Å². The molecule has 0 spiro atoms. The minimum Gasteiger partial charge on any atom is -0.504 e. The average molecular weight is 209 g/mol. The highest BCUT2D eigenvalue weighted by molar-refractivity contribution is 5.41. The first-order chi connectivity index (χ1) is 7.17. The highest BCUT2D eigenvalue weighted by Gasteiger charge is 2.03. The van der Waals surface area contributed by atoms with E-state index in [0.717, 1.165) is 18.5 Å². The maximum Gasteiger partial charge on any atom is 0.160 e. The van der Waals surface area contributed by atoms with Crippen molar-refractivity contribution in [1.29, 1.82) is 0 Å². The van der Waals surface area contributed by atoms with Gasteiger partial charge in [-0.05, 0) is 31.0 Å². The van der Waals surface area contributed by atoms with Crippen LogP contribution in [0.15, 0.2) is 18.2 Å². The Labute approximate surface area is 91.1 Å². The number of rotatable bonds is 5. The zero-order valence-electron chi connectivity index (χ0n) is 9.58. The quantitative estimate of drug-likeness (QED) is 0.781. The number of phenolic OH excluding ortho intramolecular Hbond substituents is 1. The van der Waals surface area contributed by atoms with Gasteiger partial charge < -0.3 is 15.2 Å². The van der Waals surface area contributed by atoms with Crippen molar-refractivity contribution in [3.8, 4) is 11.5 Å². The Balaban J connectivity index is 2.59. The molecule has 0 saturated heterocycles. The molecular formula is C12H19NO2. The molecule has 2 N–H and O–H groups in total. The molecule has 0 unspecified atom stereocenters. The van der Waals surface area contributed by atoms with Crippen molar-refractivity contribution in [2.24, 2.45) is 0 Å². The standard InChI is InChI=1S/C12H19NO2/c1-4-9(2)13-8-10-5-6-12(15-3)11(14)7-10/h5-7,9,13-14H,4,8H2,1-3H3/t9-/m0/s1. The fourth-order valence-corrected chi connectivity index (χ4v) is 1.28. The van der Waals surface area contributed by atoms with Crippen LogP contribution < -0.4 is 10.1 Å². The van der Waals surface area contributed by atoms with E-state index >= 15 is 0 Å². The molecule has 15 heavy (non-hydrogen) atoms. The Hall–Kier alpha value is -1.22. The molecule has 0 aromatic heterocycles. The fourth-order valence-electron chi connectivity index (χ4n) is 1.28. The van der Waals surface area contributed by atoms with Gasteiger partial charge in [0.1, 0.15) is 0 Å². The number of hydrogen-bond acceptors (Lipinski definition) is 3. The summed E-state index contributed by atoms with van der Waals surface area (Å²) in [5.74, 6) is 0.711. The van der Waals surface area contributed by atoms with Crippen LogP contribution in [0.25, 0.3) is 0 Å². The predicted molar refractivity (Wildman–Crippen MR) is 61.3 cm³/mol. The highest BCUT2D eigenvalue weighted by atomic mass is 16.5. The summed E-state index contributed by atoms with van der Waals surface area (Å²) in [5, 5.41) is 12.9.